The zero-order valence-electron chi connectivity index (χ0n) is 20.8. The van der Waals surface area contributed by atoms with Crippen molar-refractivity contribution in [2.24, 2.45) is 11.1 Å². The van der Waals surface area contributed by atoms with E-state index in [4.69, 9.17) is 33.7 Å². The van der Waals surface area contributed by atoms with Gasteiger partial charge in [-0.3, -0.25) is 4.79 Å². The van der Waals surface area contributed by atoms with Crippen LogP contribution in [0.4, 0.5) is 4.39 Å². The highest BCUT2D eigenvalue weighted by molar-refractivity contribution is 6.30. The Bertz CT molecular complexity index is 1100. The Hall–Kier alpha value is -1.66. The summed E-state index contributed by atoms with van der Waals surface area (Å²) in [5.41, 5.74) is 6.40. The minimum Gasteiger partial charge on any atom is -0.459 e. The topological polar surface area (TPSA) is 64.3 Å². The molecule has 0 spiro atoms. The SMILES string of the molecule is CC1(C[C@@H]2N[C@@H](C(=O)OC(C)(C)C)[C@H](c3cccc(Cl)c3)[C@@]2(CN)c2ccc(Cl)cc2F)CCC1. The Labute approximate surface area is 217 Å². The second kappa shape index (κ2) is 9.66. The first kappa shape index (κ1) is 26.4. The zero-order chi connectivity index (χ0) is 25.6. The van der Waals surface area contributed by atoms with Crippen molar-refractivity contribution in [2.75, 3.05) is 6.54 Å². The zero-order valence-corrected chi connectivity index (χ0v) is 22.3. The highest BCUT2D eigenvalue weighted by atomic mass is 35.5. The van der Waals surface area contributed by atoms with E-state index in [1.807, 2.05) is 39.0 Å². The van der Waals surface area contributed by atoms with Gasteiger partial charge in [0.05, 0.1) is 0 Å². The standard InChI is InChI=1S/C28H35Cl2FN2O2/c1-26(2,3)35-25(34)24-23(17-7-5-8-18(29)13-17)28(16-32,20-10-9-19(30)14-21(20)31)22(33-24)15-27(4)11-6-12-27/h5,7-10,13-14,22-24,33H,6,11-12,15-16,32H2,1-4H3/t22-,23-,24+,28-/m0/s1. The van der Waals surface area contributed by atoms with Crippen molar-refractivity contribution in [3.8, 4) is 0 Å². The Morgan fingerprint density at radius 1 is 1.17 bits per heavy atom. The number of carbonyl (C=O) groups is 1. The summed E-state index contributed by atoms with van der Waals surface area (Å²) in [4.78, 5) is 13.6. The van der Waals surface area contributed by atoms with Crippen LogP contribution in [0.2, 0.25) is 10.0 Å². The van der Waals surface area contributed by atoms with E-state index in [0.717, 1.165) is 24.8 Å². The number of carbonyl (C=O) groups excluding carboxylic acids is 1. The van der Waals surface area contributed by atoms with E-state index in [1.165, 1.54) is 12.5 Å². The van der Waals surface area contributed by atoms with Crippen LogP contribution in [-0.2, 0) is 14.9 Å². The molecular formula is C28H35Cl2FN2O2. The average Bonchev–Trinajstić information content (AvgIpc) is 3.06. The molecule has 0 aromatic heterocycles. The second-order valence-corrected chi connectivity index (χ2v) is 12.4. The molecule has 4 atom stereocenters. The van der Waals surface area contributed by atoms with E-state index in [0.29, 0.717) is 15.6 Å². The molecule has 7 heteroatoms. The van der Waals surface area contributed by atoms with Crippen molar-refractivity contribution >= 4 is 29.2 Å². The second-order valence-electron chi connectivity index (χ2n) is 11.5. The lowest BCUT2D eigenvalue weighted by molar-refractivity contribution is -0.157. The average molecular weight is 522 g/mol. The van der Waals surface area contributed by atoms with Gasteiger partial charge in [0.25, 0.3) is 0 Å². The van der Waals surface area contributed by atoms with Crippen LogP contribution in [-0.4, -0.2) is 30.2 Å². The van der Waals surface area contributed by atoms with Crippen LogP contribution in [0, 0.1) is 11.2 Å². The lowest BCUT2D eigenvalue weighted by Crippen LogP contribution is -2.51. The van der Waals surface area contributed by atoms with Crippen molar-refractivity contribution in [1.29, 1.82) is 0 Å². The Morgan fingerprint density at radius 3 is 2.40 bits per heavy atom. The fraction of sp³-hybridized carbons (Fsp3) is 0.536. The molecule has 2 aromatic rings. The van der Waals surface area contributed by atoms with Gasteiger partial charge in [-0.05, 0) is 80.8 Å². The molecule has 1 heterocycles. The van der Waals surface area contributed by atoms with Crippen molar-refractivity contribution in [1.82, 2.24) is 5.32 Å². The van der Waals surface area contributed by atoms with Crippen molar-refractivity contribution < 1.29 is 13.9 Å². The van der Waals surface area contributed by atoms with Gasteiger partial charge in [-0.2, -0.15) is 0 Å². The van der Waals surface area contributed by atoms with E-state index >= 15 is 4.39 Å². The first-order valence-electron chi connectivity index (χ1n) is 12.3. The number of esters is 1. The lowest BCUT2D eigenvalue weighted by Gasteiger charge is -2.46. The summed E-state index contributed by atoms with van der Waals surface area (Å²) >= 11 is 12.5. The number of halogens is 3. The molecule has 1 saturated carbocycles. The summed E-state index contributed by atoms with van der Waals surface area (Å²) in [6.45, 7) is 7.92. The molecule has 1 aliphatic carbocycles. The number of nitrogens with one attached hydrogen (secondary N) is 1. The lowest BCUT2D eigenvalue weighted by atomic mass is 9.58. The van der Waals surface area contributed by atoms with Gasteiger partial charge in [0.15, 0.2) is 0 Å². The molecule has 2 fully saturated rings. The summed E-state index contributed by atoms with van der Waals surface area (Å²) in [6.07, 6.45) is 4.12. The van der Waals surface area contributed by atoms with Crippen LogP contribution in [0.15, 0.2) is 42.5 Å². The maximum atomic E-state index is 15.7. The third kappa shape index (κ3) is 5.11. The first-order valence-corrected chi connectivity index (χ1v) is 13.0. The molecule has 0 amide bonds. The highest BCUT2D eigenvalue weighted by Crippen LogP contribution is 2.55. The van der Waals surface area contributed by atoms with Gasteiger partial charge in [-0.25, -0.2) is 4.39 Å². The van der Waals surface area contributed by atoms with Crippen molar-refractivity contribution in [3.05, 3.63) is 69.5 Å². The summed E-state index contributed by atoms with van der Waals surface area (Å²) in [5.74, 6) is -1.30. The Morgan fingerprint density at radius 2 is 1.86 bits per heavy atom. The fourth-order valence-corrected chi connectivity index (χ4v) is 6.41. The molecule has 190 valence electrons. The summed E-state index contributed by atoms with van der Waals surface area (Å²) in [5, 5.41) is 4.45. The van der Waals surface area contributed by atoms with Gasteiger partial charge in [-0.15, -0.1) is 0 Å². The van der Waals surface area contributed by atoms with Gasteiger partial charge < -0.3 is 15.8 Å². The molecule has 1 saturated heterocycles. The fourth-order valence-electron chi connectivity index (χ4n) is 6.05. The van der Waals surface area contributed by atoms with E-state index in [1.54, 1.807) is 18.2 Å². The Balaban J connectivity index is 1.93. The number of ether oxygens (including phenoxy) is 1. The van der Waals surface area contributed by atoms with Gasteiger partial charge in [0, 0.05) is 34.0 Å². The summed E-state index contributed by atoms with van der Waals surface area (Å²) in [6, 6.07) is 11.2. The van der Waals surface area contributed by atoms with E-state index in [-0.39, 0.29) is 24.0 Å². The minimum atomic E-state index is -0.917. The van der Waals surface area contributed by atoms with E-state index in [2.05, 4.69) is 12.2 Å². The number of hydrogen-bond donors (Lipinski definition) is 2. The van der Waals surface area contributed by atoms with Gasteiger partial charge >= 0.3 is 5.97 Å². The maximum absolute atomic E-state index is 15.7. The number of nitrogens with two attached hydrogens (primary N) is 1. The molecule has 1 aliphatic heterocycles. The largest absolute Gasteiger partial charge is 0.459 e. The molecule has 4 nitrogen and oxygen atoms in total. The van der Waals surface area contributed by atoms with Crippen LogP contribution in [0.5, 0.6) is 0 Å². The van der Waals surface area contributed by atoms with E-state index < -0.39 is 28.8 Å². The highest BCUT2D eigenvalue weighted by Gasteiger charge is 2.60. The predicted octanol–water partition coefficient (Wildman–Crippen LogP) is 6.38. The van der Waals surface area contributed by atoms with E-state index in [9.17, 15) is 4.79 Å². The van der Waals surface area contributed by atoms with Crippen LogP contribution in [0.1, 0.15) is 70.4 Å². The molecule has 0 radical (unpaired) electrons. The van der Waals surface area contributed by atoms with Crippen LogP contribution in [0.3, 0.4) is 0 Å². The quantitative estimate of drug-likeness (QED) is 0.434. The third-order valence-corrected chi connectivity index (χ3v) is 8.26. The predicted molar refractivity (Wildman–Crippen MR) is 139 cm³/mol. The van der Waals surface area contributed by atoms with Crippen molar-refractivity contribution in [2.45, 2.75) is 82.4 Å². The van der Waals surface area contributed by atoms with Crippen LogP contribution >= 0.6 is 23.2 Å². The summed E-state index contributed by atoms with van der Waals surface area (Å²) in [7, 11) is 0. The first-order chi connectivity index (χ1) is 16.4. The minimum absolute atomic E-state index is 0.0999. The molecule has 35 heavy (non-hydrogen) atoms. The van der Waals surface area contributed by atoms with Gasteiger partial charge in [-0.1, -0.05) is 54.7 Å². The number of hydrogen-bond acceptors (Lipinski definition) is 4. The van der Waals surface area contributed by atoms with Crippen LogP contribution < -0.4 is 11.1 Å². The molecule has 3 N–H and O–H groups in total. The molecule has 4 rings (SSSR count). The smallest absolute Gasteiger partial charge is 0.324 e. The van der Waals surface area contributed by atoms with Crippen LogP contribution in [0.25, 0.3) is 0 Å². The normalized spacial score (nSPS) is 27.9. The number of rotatable bonds is 6. The van der Waals surface area contributed by atoms with Crippen molar-refractivity contribution in [3.63, 3.8) is 0 Å². The molecule has 2 aromatic carbocycles. The molecule has 0 bridgehead atoms. The third-order valence-electron chi connectivity index (χ3n) is 7.79. The monoisotopic (exact) mass is 520 g/mol. The van der Waals surface area contributed by atoms with Gasteiger partial charge in [0.2, 0.25) is 0 Å². The Kier molecular flexibility index (Phi) is 7.29. The summed E-state index contributed by atoms with van der Waals surface area (Å²) < 4.78 is 21.5. The van der Waals surface area contributed by atoms with Gasteiger partial charge in [0.1, 0.15) is 17.5 Å². The molecule has 2 aliphatic rings. The number of benzene rings is 2. The molecule has 0 unspecified atom stereocenters. The molecular weight excluding hydrogens is 486 g/mol. The maximum Gasteiger partial charge on any atom is 0.324 e.